The number of halogens is 4. The van der Waals surface area contributed by atoms with Crippen molar-refractivity contribution in [2.75, 3.05) is 19.6 Å². The molecule has 4 rings (SSSR count). The van der Waals surface area contributed by atoms with Crippen molar-refractivity contribution in [1.82, 2.24) is 19.9 Å². The minimum atomic E-state index is -4.34. The summed E-state index contributed by atoms with van der Waals surface area (Å²) in [4.78, 5) is 24.0. The molecule has 4 aromatic rings. The maximum Gasteiger partial charge on any atom is 0.446 e. The maximum atomic E-state index is 12.7. The lowest BCUT2D eigenvalue weighted by Gasteiger charge is -2.24. The van der Waals surface area contributed by atoms with Crippen LogP contribution in [0.2, 0.25) is 5.02 Å². The van der Waals surface area contributed by atoms with E-state index in [1.165, 1.54) is 0 Å². The summed E-state index contributed by atoms with van der Waals surface area (Å²) in [5, 5.41) is 4.47. The normalized spacial score (nSPS) is 12.1. The first kappa shape index (κ1) is 40.9. The number of aromatic amines is 1. The molecule has 2 aromatic heterocycles. The van der Waals surface area contributed by atoms with Crippen molar-refractivity contribution in [2.45, 2.75) is 95.0 Å². The average Bonchev–Trinajstić information content (AvgIpc) is 3.43. The van der Waals surface area contributed by atoms with Crippen LogP contribution in [0.4, 0.5) is 13.2 Å². The van der Waals surface area contributed by atoms with Gasteiger partial charge in [-0.25, -0.2) is 4.79 Å². The van der Waals surface area contributed by atoms with Gasteiger partial charge in [-0.3, -0.25) is 9.56 Å². The van der Waals surface area contributed by atoms with E-state index in [2.05, 4.69) is 47.1 Å². The van der Waals surface area contributed by atoms with Crippen molar-refractivity contribution >= 4 is 40.4 Å². The van der Waals surface area contributed by atoms with E-state index in [1.54, 1.807) is 10.6 Å². The number of aryl methyl sites for hydroxylation is 1. The number of nitrogens with one attached hydrogen (secondary N) is 2. The number of aromatic nitrogens is 3. The molecule has 8 N–H and O–H groups in total. The molecule has 0 bridgehead atoms. The Bertz CT molecular complexity index is 1790. The lowest BCUT2D eigenvalue weighted by Crippen LogP contribution is -2.23. The van der Waals surface area contributed by atoms with Gasteiger partial charge in [-0.05, 0) is 96.9 Å². The van der Waals surface area contributed by atoms with Crippen molar-refractivity contribution in [3.05, 3.63) is 86.6 Å². The molecule has 274 valence electrons. The summed E-state index contributed by atoms with van der Waals surface area (Å²) in [5.41, 5.74) is 16.3. The van der Waals surface area contributed by atoms with E-state index in [1.807, 2.05) is 57.3 Å². The molecule has 0 fully saturated rings. The number of nitrogens with two attached hydrogens (primary N) is 3. The van der Waals surface area contributed by atoms with Crippen LogP contribution in [0.5, 0.6) is 0 Å². The van der Waals surface area contributed by atoms with Gasteiger partial charge in [0.15, 0.2) is 5.96 Å². The van der Waals surface area contributed by atoms with Gasteiger partial charge in [0, 0.05) is 40.7 Å². The van der Waals surface area contributed by atoms with Crippen LogP contribution >= 0.6 is 23.4 Å². The van der Waals surface area contributed by atoms with Gasteiger partial charge in [0.05, 0.1) is 10.7 Å². The van der Waals surface area contributed by atoms with E-state index in [9.17, 15) is 18.0 Å². The number of guanidine groups is 1. The van der Waals surface area contributed by atoms with E-state index in [4.69, 9.17) is 28.8 Å². The SMILES string of the molecule is CC(C)(C)c1cc(CCCCN)cc(SC(F)(F)F)c1Cl.CC(C)(C)c1cc2cn(-c3ccc(CNCCCN=C(N)N)cc3)c(=O)nc2[nH]1. The smallest absolute Gasteiger partial charge is 0.370 e. The summed E-state index contributed by atoms with van der Waals surface area (Å²) in [6, 6.07) is 13.4. The summed E-state index contributed by atoms with van der Waals surface area (Å²) in [6.07, 6.45) is 5.13. The molecule has 0 saturated carbocycles. The lowest BCUT2D eigenvalue weighted by atomic mass is 9.85. The van der Waals surface area contributed by atoms with Crippen molar-refractivity contribution in [1.29, 1.82) is 0 Å². The second-order valence-electron chi connectivity index (χ2n) is 14.1. The van der Waals surface area contributed by atoms with Crippen molar-refractivity contribution in [2.24, 2.45) is 22.2 Å². The molecule has 0 amide bonds. The quantitative estimate of drug-likeness (QED) is 0.0443. The molecule has 0 aliphatic carbocycles. The number of nitrogens with zero attached hydrogens (tertiary/aromatic N) is 3. The Balaban J connectivity index is 0.000000286. The largest absolute Gasteiger partial charge is 0.446 e. The predicted octanol–water partition coefficient (Wildman–Crippen LogP) is 7.30. The number of benzene rings is 2. The third-order valence-electron chi connectivity index (χ3n) is 7.72. The van der Waals surface area contributed by atoms with Crippen molar-refractivity contribution < 1.29 is 13.2 Å². The first-order valence-corrected chi connectivity index (χ1v) is 17.7. The third kappa shape index (κ3) is 12.7. The molecule has 0 spiro atoms. The molecular weight excluding hydrogens is 685 g/mol. The maximum absolute atomic E-state index is 12.7. The highest BCUT2D eigenvalue weighted by Crippen LogP contribution is 2.44. The number of rotatable bonds is 12. The average molecular weight is 735 g/mol. The highest BCUT2D eigenvalue weighted by Gasteiger charge is 2.32. The van der Waals surface area contributed by atoms with Crippen LogP contribution in [0.1, 0.15) is 83.2 Å². The molecule has 50 heavy (non-hydrogen) atoms. The topological polar surface area (TPSA) is 153 Å². The highest BCUT2D eigenvalue weighted by molar-refractivity contribution is 8.00. The summed E-state index contributed by atoms with van der Waals surface area (Å²) in [7, 11) is 0. The van der Waals surface area contributed by atoms with Gasteiger partial charge in [0.25, 0.3) is 0 Å². The Hall–Kier alpha value is -3.52. The molecule has 0 unspecified atom stereocenters. The Morgan fingerprint density at radius 3 is 2.24 bits per heavy atom. The van der Waals surface area contributed by atoms with Crippen LogP contribution < -0.4 is 28.2 Å². The predicted molar refractivity (Wildman–Crippen MR) is 201 cm³/mol. The van der Waals surface area contributed by atoms with Gasteiger partial charge >= 0.3 is 11.2 Å². The zero-order chi connectivity index (χ0) is 37.3. The van der Waals surface area contributed by atoms with Gasteiger partial charge in [0.1, 0.15) is 5.65 Å². The molecule has 0 atom stereocenters. The van der Waals surface area contributed by atoms with Gasteiger partial charge in [-0.2, -0.15) is 18.2 Å². The van der Waals surface area contributed by atoms with Crippen LogP contribution in [-0.2, 0) is 23.8 Å². The minimum absolute atomic E-state index is 0.0352. The van der Waals surface area contributed by atoms with E-state index < -0.39 is 5.51 Å². The van der Waals surface area contributed by atoms with Gasteiger partial charge in [-0.15, -0.1) is 0 Å². The fourth-order valence-electron chi connectivity index (χ4n) is 5.02. The number of fused-ring (bicyclic) bond motifs is 1. The zero-order valence-electron chi connectivity index (χ0n) is 29.7. The van der Waals surface area contributed by atoms with Crippen LogP contribution in [0.3, 0.4) is 0 Å². The first-order valence-electron chi connectivity index (χ1n) is 16.6. The number of aliphatic imine (C=N–C) groups is 1. The third-order valence-corrected chi connectivity index (χ3v) is 9.01. The van der Waals surface area contributed by atoms with Crippen LogP contribution in [0.25, 0.3) is 16.7 Å². The van der Waals surface area contributed by atoms with Crippen molar-refractivity contribution in [3.8, 4) is 5.69 Å². The summed E-state index contributed by atoms with van der Waals surface area (Å²) in [6.45, 7) is 15.0. The van der Waals surface area contributed by atoms with E-state index in [-0.39, 0.29) is 44.2 Å². The Morgan fingerprint density at radius 1 is 0.980 bits per heavy atom. The summed E-state index contributed by atoms with van der Waals surface area (Å²) in [5.74, 6) is 0.123. The van der Waals surface area contributed by atoms with Gasteiger partial charge in [-0.1, -0.05) is 71.3 Å². The van der Waals surface area contributed by atoms with Crippen LogP contribution in [0.15, 0.2) is 63.3 Å². The number of thioether (sulfide) groups is 1. The number of H-pyrrole nitrogens is 1. The Kier molecular flexibility index (Phi) is 14.4. The minimum Gasteiger partial charge on any atom is -0.370 e. The lowest BCUT2D eigenvalue weighted by molar-refractivity contribution is -0.0328. The fourth-order valence-corrected chi connectivity index (χ4v) is 6.19. The monoisotopic (exact) mass is 734 g/mol. The van der Waals surface area contributed by atoms with Crippen molar-refractivity contribution in [3.63, 3.8) is 0 Å². The first-order chi connectivity index (χ1) is 23.3. The zero-order valence-corrected chi connectivity index (χ0v) is 31.3. The number of alkyl halides is 3. The molecule has 14 heteroatoms. The molecule has 9 nitrogen and oxygen atoms in total. The molecule has 0 saturated heterocycles. The standard InChI is InChI=1S/C21H29N7O.C15H21ClF3NS/c1-21(2,3)17-11-15-13-28(20(29)27-18(15)26-17)16-7-5-14(6-8-16)12-24-9-4-10-25-19(22)23;1-14(2,3)11-8-10(6-4-5-7-20)9-12(13(11)16)21-15(17,18)19/h5-8,11,13,24H,4,9-10,12H2,1-3H3,(H4,22,23,25)(H,26,27,29);8-9H,4-7,20H2,1-3H3. The fraction of sp³-hybridized carbons (Fsp3) is 0.472. The second-order valence-corrected chi connectivity index (χ2v) is 15.6. The highest BCUT2D eigenvalue weighted by atomic mass is 35.5. The molecular formula is C36H50ClF3N8OS. The van der Waals surface area contributed by atoms with Crippen LogP contribution in [-0.4, -0.2) is 45.6 Å². The van der Waals surface area contributed by atoms with E-state index in [0.29, 0.717) is 25.2 Å². The van der Waals surface area contributed by atoms with Gasteiger partial charge in [0.2, 0.25) is 0 Å². The summed E-state index contributed by atoms with van der Waals surface area (Å²) >= 11 is 6.05. The van der Waals surface area contributed by atoms with Gasteiger partial charge < -0.3 is 27.5 Å². The Labute approximate surface area is 301 Å². The number of hydrogen-bond acceptors (Lipinski definition) is 6. The molecule has 2 aromatic carbocycles. The Morgan fingerprint density at radius 2 is 1.66 bits per heavy atom. The molecule has 0 aliphatic rings. The molecule has 2 heterocycles. The van der Waals surface area contributed by atoms with Crippen LogP contribution in [0, 0.1) is 0 Å². The van der Waals surface area contributed by atoms with E-state index in [0.717, 1.165) is 65.8 Å². The number of hydrogen-bond donors (Lipinski definition) is 5. The van der Waals surface area contributed by atoms with E-state index >= 15 is 0 Å². The number of unbranched alkanes of at least 4 members (excludes halogenated alkanes) is 1. The second kappa shape index (κ2) is 17.6. The molecule has 0 aliphatic heterocycles. The summed E-state index contributed by atoms with van der Waals surface area (Å²) < 4.78 is 39.6. The molecule has 0 radical (unpaired) electrons.